The number of hydrazone groups is 1. The van der Waals surface area contributed by atoms with Crippen LogP contribution in [-0.4, -0.2) is 25.1 Å². The Morgan fingerprint density at radius 1 is 1.03 bits per heavy atom. The molecule has 1 heterocycles. The van der Waals surface area contributed by atoms with Crippen molar-refractivity contribution in [3.05, 3.63) is 95.3 Å². The van der Waals surface area contributed by atoms with E-state index in [1.807, 2.05) is 66.9 Å². The van der Waals surface area contributed by atoms with Crippen LogP contribution in [0.2, 0.25) is 0 Å². The lowest BCUT2D eigenvalue weighted by Gasteiger charge is -2.10. The van der Waals surface area contributed by atoms with Crippen molar-refractivity contribution in [1.82, 2.24) is 9.99 Å². The maximum Gasteiger partial charge on any atom is 0.244 e. The number of aryl methyl sites for hydroxylation is 1. The molecule has 33 heavy (non-hydrogen) atoms. The Morgan fingerprint density at radius 2 is 1.73 bits per heavy atom. The fraction of sp³-hybridized carbons (Fsp3) is 0.120. The fourth-order valence-electron chi connectivity index (χ4n) is 3.93. The fourth-order valence-corrected chi connectivity index (χ4v) is 4.45. The molecule has 0 aliphatic rings. The first kappa shape index (κ1) is 22.4. The molecule has 0 spiro atoms. The molecule has 0 bridgehead atoms. The Morgan fingerprint density at radius 3 is 2.45 bits per heavy atom. The molecule has 0 atom stereocenters. The van der Waals surface area contributed by atoms with Gasteiger partial charge in [0.05, 0.1) is 17.5 Å². The molecule has 0 aliphatic carbocycles. The Kier molecular flexibility index (Phi) is 6.13. The molecule has 168 valence electrons. The highest BCUT2D eigenvalue weighted by atomic mass is 32.2. The van der Waals surface area contributed by atoms with E-state index < -0.39 is 10.0 Å². The van der Waals surface area contributed by atoms with Crippen LogP contribution in [0, 0.1) is 13.8 Å². The minimum Gasteiger partial charge on any atom is -0.318 e. The number of fused-ring (bicyclic) bond motifs is 1. The Bertz CT molecular complexity index is 1460. The van der Waals surface area contributed by atoms with E-state index in [1.54, 1.807) is 18.3 Å². The largest absolute Gasteiger partial charge is 0.318 e. The van der Waals surface area contributed by atoms with E-state index in [1.165, 1.54) is 12.1 Å². The number of hydrogen-bond donors (Lipinski definition) is 2. The van der Waals surface area contributed by atoms with Gasteiger partial charge < -0.3 is 4.57 Å². The highest BCUT2D eigenvalue weighted by Gasteiger charge is 2.12. The third-order valence-corrected chi connectivity index (χ3v) is 6.45. The standard InChI is InChI=1S/C25H24N4O3S/c1-17-14-21(18(2)29(17)22-10-12-23(13-11-22)33(26,31)32)16-27-28-25(30)15-20-8-5-7-19-6-3-4-9-24(19)20/h3-14,16H,15H2,1-2H3,(H,28,30)(H2,26,31,32)/b27-16-. The van der Waals surface area contributed by atoms with Crippen molar-refractivity contribution in [3.63, 3.8) is 0 Å². The van der Waals surface area contributed by atoms with E-state index in [4.69, 9.17) is 5.14 Å². The van der Waals surface area contributed by atoms with Gasteiger partial charge in [-0.15, -0.1) is 0 Å². The molecule has 8 heteroatoms. The van der Waals surface area contributed by atoms with Crippen molar-refractivity contribution in [3.8, 4) is 5.69 Å². The highest BCUT2D eigenvalue weighted by Crippen LogP contribution is 2.21. The topological polar surface area (TPSA) is 107 Å². The predicted octanol–water partition coefficient (Wildman–Crippen LogP) is 3.59. The summed E-state index contributed by atoms with van der Waals surface area (Å²) in [6, 6.07) is 22.2. The van der Waals surface area contributed by atoms with Gasteiger partial charge in [-0.1, -0.05) is 42.5 Å². The van der Waals surface area contributed by atoms with Gasteiger partial charge >= 0.3 is 0 Å². The zero-order valence-electron chi connectivity index (χ0n) is 18.3. The number of nitrogens with one attached hydrogen (secondary N) is 1. The smallest absolute Gasteiger partial charge is 0.244 e. The van der Waals surface area contributed by atoms with Crippen LogP contribution in [0.15, 0.2) is 82.8 Å². The Hall–Kier alpha value is -3.75. The molecule has 0 radical (unpaired) electrons. The minimum atomic E-state index is -3.74. The molecule has 0 fully saturated rings. The highest BCUT2D eigenvalue weighted by molar-refractivity contribution is 7.89. The van der Waals surface area contributed by atoms with Gasteiger partial charge in [0.15, 0.2) is 0 Å². The van der Waals surface area contributed by atoms with Crippen LogP contribution in [0.3, 0.4) is 0 Å². The second kappa shape index (κ2) is 9.01. The lowest BCUT2D eigenvalue weighted by Crippen LogP contribution is -2.19. The number of nitrogens with two attached hydrogens (primary N) is 1. The molecule has 1 amide bonds. The van der Waals surface area contributed by atoms with Gasteiger partial charge in [-0.05, 0) is 60.5 Å². The van der Waals surface area contributed by atoms with Gasteiger partial charge in [-0.25, -0.2) is 19.0 Å². The summed E-state index contributed by atoms with van der Waals surface area (Å²) in [7, 11) is -3.74. The minimum absolute atomic E-state index is 0.0596. The number of primary sulfonamides is 1. The maximum atomic E-state index is 12.4. The second-order valence-electron chi connectivity index (χ2n) is 7.81. The number of sulfonamides is 1. The van der Waals surface area contributed by atoms with E-state index in [2.05, 4.69) is 10.5 Å². The number of carbonyl (C=O) groups is 1. The summed E-state index contributed by atoms with van der Waals surface area (Å²) < 4.78 is 25.0. The molecule has 0 saturated heterocycles. The van der Waals surface area contributed by atoms with E-state index in [9.17, 15) is 13.2 Å². The number of rotatable bonds is 6. The summed E-state index contributed by atoms with van der Waals surface area (Å²) in [4.78, 5) is 12.5. The molecule has 1 aromatic heterocycles. The van der Waals surface area contributed by atoms with Crippen LogP contribution in [0.25, 0.3) is 16.5 Å². The molecular formula is C25H24N4O3S. The summed E-state index contributed by atoms with van der Waals surface area (Å²) in [6.45, 7) is 3.87. The number of benzene rings is 3. The molecule has 4 rings (SSSR count). The number of amides is 1. The molecule has 3 N–H and O–H groups in total. The molecule has 0 aliphatic heterocycles. The van der Waals surface area contributed by atoms with Crippen LogP contribution in [0.5, 0.6) is 0 Å². The van der Waals surface area contributed by atoms with Crippen molar-refractivity contribution < 1.29 is 13.2 Å². The summed E-state index contributed by atoms with van der Waals surface area (Å²) in [6.07, 6.45) is 1.84. The number of nitrogens with zero attached hydrogens (tertiary/aromatic N) is 2. The first-order chi connectivity index (χ1) is 15.7. The van der Waals surface area contributed by atoms with Gasteiger partial charge in [0.25, 0.3) is 0 Å². The lowest BCUT2D eigenvalue weighted by molar-refractivity contribution is -0.120. The van der Waals surface area contributed by atoms with Crippen molar-refractivity contribution in [1.29, 1.82) is 0 Å². The quantitative estimate of drug-likeness (QED) is 0.339. The van der Waals surface area contributed by atoms with Gasteiger partial charge in [0.1, 0.15) is 0 Å². The van der Waals surface area contributed by atoms with Crippen LogP contribution in [0.4, 0.5) is 0 Å². The SMILES string of the molecule is Cc1cc(/C=N\NC(=O)Cc2cccc3ccccc23)c(C)n1-c1ccc(S(N)(=O)=O)cc1. The van der Waals surface area contributed by atoms with Crippen LogP contribution >= 0.6 is 0 Å². The summed E-state index contributed by atoms with van der Waals surface area (Å²) in [5.41, 5.74) is 7.04. The van der Waals surface area contributed by atoms with Crippen molar-refractivity contribution in [2.24, 2.45) is 10.2 Å². The Labute approximate surface area is 192 Å². The molecule has 4 aromatic rings. The molecule has 0 saturated carbocycles. The van der Waals surface area contributed by atoms with Crippen molar-refractivity contribution >= 4 is 32.9 Å². The monoisotopic (exact) mass is 460 g/mol. The molecular weight excluding hydrogens is 436 g/mol. The van der Waals surface area contributed by atoms with Crippen LogP contribution < -0.4 is 10.6 Å². The van der Waals surface area contributed by atoms with E-state index in [0.717, 1.165) is 39.0 Å². The van der Waals surface area contributed by atoms with Gasteiger partial charge in [-0.3, -0.25) is 4.79 Å². The first-order valence-corrected chi connectivity index (χ1v) is 11.9. The lowest BCUT2D eigenvalue weighted by atomic mass is 10.0. The van der Waals surface area contributed by atoms with Crippen LogP contribution in [-0.2, 0) is 21.2 Å². The zero-order chi connectivity index (χ0) is 23.6. The van der Waals surface area contributed by atoms with E-state index in [-0.39, 0.29) is 17.2 Å². The summed E-state index contributed by atoms with van der Waals surface area (Å²) >= 11 is 0. The third-order valence-electron chi connectivity index (χ3n) is 5.52. The van der Waals surface area contributed by atoms with Gasteiger partial charge in [-0.2, -0.15) is 5.10 Å². The first-order valence-electron chi connectivity index (χ1n) is 10.3. The average molecular weight is 461 g/mol. The maximum absolute atomic E-state index is 12.4. The normalized spacial score (nSPS) is 11.8. The van der Waals surface area contributed by atoms with E-state index >= 15 is 0 Å². The molecule has 0 unspecified atom stereocenters. The number of aromatic nitrogens is 1. The average Bonchev–Trinajstić information content (AvgIpc) is 3.06. The summed E-state index contributed by atoms with van der Waals surface area (Å²) in [5.74, 6) is -0.199. The molecule has 3 aromatic carbocycles. The third kappa shape index (κ3) is 4.87. The number of hydrogen-bond acceptors (Lipinski definition) is 4. The number of carbonyl (C=O) groups excluding carboxylic acids is 1. The van der Waals surface area contributed by atoms with Crippen molar-refractivity contribution in [2.45, 2.75) is 25.2 Å². The second-order valence-corrected chi connectivity index (χ2v) is 9.37. The zero-order valence-corrected chi connectivity index (χ0v) is 19.1. The van der Waals surface area contributed by atoms with Crippen molar-refractivity contribution in [2.75, 3.05) is 0 Å². The van der Waals surface area contributed by atoms with Gasteiger partial charge in [0, 0.05) is 22.6 Å². The van der Waals surface area contributed by atoms with Gasteiger partial charge in [0.2, 0.25) is 15.9 Å². The Balaban J connectivity index is 1.48. The predicted molar refractivity (Wildman–Crippen MR) is 130 cm³/mol. The summed E-state index contributed by atoms with van der Waals surface area (Å²) in [5, 5.41) is 11.5. The van der Waals surface area contributed by atoms with E-state index in [0.29, 0.717) is 0 Å². The van der Waals surface area contributed by atoms with Crippen LogP contribution in [0.1, 0.15) is 22.5 Å². The molecule has 7 nitrogen and oxygen atoms in total.